The molecule has 0 saturated heterocycles. The summed E-state index contributed by atoms with van der Waals surface area (Å²) in [7, 11) is 0. The van der Waals surface area contributed by atoms with Crippen LogP contribution in [0.4, 0.5) is 0 Å². The van der Waals surface area contributed by atoms with Crippen molar-refractivity contribution < 1.29 is 9.53 Å². The number of pyridine rings is 1. The Labute approximate surface area is 71.4 Å². The van der Waals surface area contributed by atoms with E-state index in [0.29, 0.717) is 12.4 Å². The topological polar surface area (TPSA) is 39.2 Å². The average Bonchev–Trinajstić information content (AvgIpc) is 2.19. The van der Waals surface area contributed by atoms with Crippen molar-refractivity contribution in [2.45, 2.75) is 0 Å². The van der Waals surface area contributed by atoms with Crippen LogP contribution < -0.4 is 4.74 Å². The molecule has 0 unspecified atom stereocenters. The minimum atomic E-state index is 0.297. The predicted octanol–water partition coefficient (Wildman–Crippen LogP) is 0.909. The minimum Gasteiger partial charge on any atom is -0.479 e. The van der Waals surface area contributed by atoms with Crippen LogP contribution in [0, 0.1) is 12.3 Å². The first kappa shape index (κ1) is 10.2. The summed E-state index contributed by atoms with van der Waals surface area (Å²) in [6.45, 7) is 2.30. The van der Waals surface area contributed by atoms with E-state index in [1.54, 1.807) is 18.5 Å². The van der Waals surface area contributed by atoms with Crippen LogP contribution in [0.1, 0.15) is 0 Å². The van der Waals surface area contributed by atoms with E-state index >= 15 is 0 Å². The van der Waals surface area contributed by atoms with Crippen LogP contribution in [0.15, 0.2) is 24.5 Å². The summed E-state index contributed by atoms with van der Waals surface area (Å²) in [4.78, 5) is 11.8. The van der Waals surface area contributed by atoms with Gasteiger partial charge in [0.2, 0.25) is 0 Å². The molecule has 0 atom stereocenters. The molecule has 0 aliphatic carbocycles. The van der Waals surface area contributed by atoms with Crippen LogP contribution in [0.3, 0.4) is 0 Å². The fourth-order valence-corrected chi connectivity index (χ4v) is 0.557. The lowest BCUT2D eigenvalue weighted by molar-refractivity contribution is -0.0979. The first-order valence-corrected chi connectivity index (χ1v) is 3.18. The maximum Gasteiger partial charge on any atom is 0.148 e. The molecule has 0 N–H and O–H groups in total. The third-order valence-electron chi connectivity index (χ3n) is 0.957. The van der Waals surface area contributed by atoms with E-state index in [1.807, 2.05) is 12.9 Å². The van der Waals surface area contributed by atoms with Crippen LogP contribution in [-0.2, 0) is 4.79 Å². The molecule has 0 radical (unpaired) electrons. The zero-order chi connectivity index (χ0) is 9.23. The Kier molecular flexibility index (Phi) is 6.18. The fraction of sp³-hybridized carbons (Fsp3) is 0.111. The van der Waals surface area contributed by atoms with Gasteiger partial charge in [-0.3, -0.25) is 4.98 Å². The summed E-state index contributed by atoms with van der Waals surface area (Å²) in [6.07, 6.45) is 8.29. The van der Waals surface area contributed by atoms with E-state index in [-0.39, 0.29) is 0 Å². The SMILES string of the molecule is C#CCOc1cccnc1.C=O. The van der Waals surface area contributed by atoms with Crippen LogP contribution in [0.25, 0.3) is 0 Å². The average molecular weight is 163 g/mol. The summed E-state index contributed by atoms with van der Waals surface area (Å²) in [5.41, 5.74) is 0. The number of aromatic nitrogens is 1. The van der Waals surface area contributed by atoms with Gasteiger partial charge in [-0.15, -0.1) is 6.42 Å². The number of hydrogen-bond acceptors (Lipinski definition) is 3. The highest BCUT2D eigenvalue weighted by Crippen LogP contribution is 2.04. The van der Waals surface area contributed by atoms with Crippen molar-refractivity contribution >= 4 is 6.79 Å². The number of nitrogens with zero attached hydrogens (tertiary/aromatic N) is 1. The van der Waals surface area contributed by atoms with Gasteiger partial charge in [0.05, 0.1) is 6.20 Å². The molecule has 12 heavy (non-hydrogen) atoms. The van der Waals surface area contributed by atoms with Gasteiger partial charge in [0.15, 0.2) is 0 Å². The molecule has 0 fully saturated rings. The van der Waals surface area contributed by atoms with Gasteiger partial charge < -0.3 is 9.53 Å². The molecule has 3 nitrogen and oxygen atoms in total. The van der Waals surface area contributed by atoms with Gasteiger partial charge in [0.25, 0.3) is 0 Å². The van der Waals surface area contributed by atoms with Crippen molar-refractivity contribution in [2.24, 2.45) is 0 Å². The van der Waals surface area contributed by atoms with Gasteiger partial charge >= 0.3 is 0 Å². The van der Waals surface area contributed by atoms with E-state index < -0.39 is 0 Å². The first-order chi connectivity index (χ1) is 5.93. The van der Waals surface area contributed by atoms with Crippen molar-refractivity contribution in [1.82, 2.24) is 4.98 Å². The van der Waals surface area contributed by atoms with Crippen LogP contribution in [0.2, 0.25) is 0 Å². The standard InChI is InChI=1S/C8H7NO.CH2O/c1-2-6-10-8-4-3-5-9-7-8;1-2/h1,3-5,7H,6H2;1H2. The van der Waals surface area contributed by atoms with Gasteiger partial charge in [-0.2, -0.15) is 0 Å². The summed E-state index contributed by atoms with van der Waals surface area (Å²) >= 11 is 0. The Morgan fingerprint density at radius 3 is 2.92 bits per heavy atom. The number of carbonyl (C=O) groups excluding carboxylic acids is 1. The molecule has 1 aromatic heterocycles. The molecule has 0 aromatic carbocycles. The Hall–Kier alpha value is -1.82. The van der Waals surface area contributed by atoms with Crippen LogP contribution in [0.5, 0.6) is 5.75 Å². The maximum atomic E-state index is 8.00. The molecule has 1 heterocycles. The van der Waals surface area contributed by atoms with E-state index in [9.17, 15) is 0 Å². The molecule has 1 rings (SSSR count). The van der Waals surface area contributed by atoms with Crippen molar-refractivity contribution in [2.75, 3.05) is 6.61 Å². The fourth-order valence-electron chi connectivity index (χ4n) is 0.557. The monoisotopic (exact) mass is 163 g/mol. The Bertz CT molecular complexity index is 240. The second-order valence-electron chi connectivity index (χ2n) is 1.68. The number of terminal acetylenes is 1. The Morgan fingerprint density at radius 1 is 1.67 bits per heavy atom. The van der Waals surface area contributed by atoms with Gasteiger partial charge in [-0.25, -0.2) is 0 Å². The number of hydrogen-bond donors (Lipinski definition) is 0. The van der Waals surface area contributed by atoms with Gasteiger partial charge in [0.1, 0.15) is 19.1 Å². The zero-order valence-corrected chi connectivity index (χ0v) is 6.56. The number of rotatable bonds is 2. The van der Waals surface area contributed by atoms with E-state index in [2.05, 4.69) is 10.9 Å². The second-order valence-corrected chi connectivity index (χ2v) is 1.68. The molecular formula is C9H9NO2. The normalized spacial score (nSPS) is 7.25. The molecule has 0 amide bonds. The van der Waals surface area contributed by atoms with Crippen LogP contribution >= 0.6 is 0 Å². The van der Waals surface area contributed by atoms with E-state index in [4.69, 9.17) is 16.0 Å². The smallest absolute Gasteiger partial charge is 0.148 e. The predicted molar refractivity (Wildman–Crippen MR) is 45.7 cm³/mol. The van der Waals surface area contributed by atoms with Gasteiger partial charge in [0, 0.05) is 6.20 Å². The summed E-state index contributed by atoms with van der Waals surface area (Å²) in [5, 5.41) is 0. The lowest BCUT2D eigenvalue weighted by Crippen LogP contribution is -1.92. The van der Waals surface area contributed by atoms with Crippen molar-refractivity contribution in [3.63, 3.8) is 0 Å². The lowest BCUT2D eigenvalue weighted by atomic mass is 10.5. The highest BCUT2D eigenvalue weighted by molar-refractivity contribution is 5.15. The van der Waals surface area contributed by atoms with Crippen molar-refractivity contribution in [3.8, 4) is 18.1 Å². The van der Waals surface area contributed by atoms with E-state index in [1.165, 1.54) is 0 Å². The summed E-state index contributed by atoms with van der Waals surface area (Å²) < 4.78 is 5.06. The quantitative estimate of drug-likeness (QED) is 0.608. The molecule has 0 bridgehead atoms. The molecule has 3 heteroatoms. The molecule has 0 saturated carbocycles. The third kappa shape index (κ3) is 4.07. The van der Waals surface area contributed by atoms with Gasteiger partial charge in [-0.1, -0.05) is 5.92 Å². The molecule has 62 valence electrons. The maximum absolute atomic E-state index is 8.00. The lowest BCUT2D eigenvalue weighted by Gasteiger charge is -1.97. The summed E-state index contributed by atoms with van der Waals surface area (Å²) in [6, 6.07) is 3.61. The molecule has 0 spiro atoms. The first-order valence-electron chi connectivity index (χ1n) is 3.18. The van der Waals surface area contributed by atoms with Gasteiger partial charge in [-0.05, 0) is 12.1 Å². The molecule has 0 aliphatic rings. The van der Waals surface area contributed by atoms with Crippen molar-refractivity contribution in [1.29, 1.82) is 0 Å². The Morgan fingerprint density at radius 2 is 2.42 bits per heavy atom. The number of ether oxygens (including phenoxy) is 1. The highest BCUT2D eigenvalue weighted by Gasteiger charge is 1.86. The third-order valence-corrected chi connectivity index (χ3v) is 0.957. The second kappa shape index (κ2) is 7.29. The minimum absolute atomic E-state index is 0.297. The zero-order valence-electron chi connectivity index (χ0n) is 6.56. The Balaban J connectivity index is 0.000000561. The van der Waals surface area contributed by atoms with Crippen LogP contribution in [-0.4, -0.2) is 18.4 Å². The molecular weight excluding hydrogens is 154 g/mol. The molecule has 1 aromatic rings. The molecule has 0 aliphatic heterocycles. The van der Waals surface area contributed by atoms with Crippen molar-refractivity contribution in [3.05, 3.63) is 24.5 Å². The van der Waals surface area contributed by atoms with E-state index in [0.717, 1.165) is 0 Å². The number of carbonyl (C=O) groups is 1. The summed E-state index contributed by atoms with van der Waals surface area (Å²) in [5.74, 6) is 3.07. The largest absolute Gasteiger partial charge is 0.479 e. The highest BCUT2D eigenvalue weighted by atomic mass is 16.5.